The Kier molecular flexibility index (Phi) is 3.99. The van der Waals surface area contributed by atoms with Crippen molar-refractivity contribution >= 4 is 50.7 Å². The lowest BCUT2D eigenvalue weighted by molar-refractivity contribution is 0.101. The predicted octanol–water partition coefficient (Wildman–Crippen LogP) is 5.28. The van der Waals surface area contributed by atoms with Crippen molar-refractivity contribution in [2.75, 3.05) is 5.32 Å². The van der Waals surface area contributed by atoms with Gasteiger partial charge >= 0.3 is 0 Å². The van der Waals surface area contributed by atoms with Gasteiger partial charge in [-0.05, 0) is 47.0 Å². The summed E-state index contributed by atoms with van der Waals surface area (Å²) in [4.78, 5) is 12.4. The van der Waals surface area contributed by atoms with E-state index in [1.807, 2.05) is 4.57 Å². The van der Waals surface area contributed by atoms with Crippen molar-refractivity contribution in [3.05, 3.63) is 50.4 Å². The Balaban J connectivity index is 1.90. The highest BCUT2D eigenvalue weighted by Gasteiger charge is 2.28. The van der Waals surface area contributed by atoms with E-state index in [1.54, 1.807) is 12.3 Å². The summed E-state index contributed by atoms with van der Waals surface area (Å²) in [5.41, 5.74) is 0.803. The molecule has 0 spiro atoms. The minimum Gasteiger partial charge on any atom is -0.339 e. The molecule has 0 unspecified atom stereocenters. The van der Waals surface area contributed by atoms with Crippen LogP contribution in [0.25, 0.3) is 0 Å². The summed E-state index contributed by atoms with van der Waals surface area (Å²) in [5, 5.41) is 3.34. The summed E-state index contributed by atoms with van der Waals surface area (Å²) in [5.74, 6) is -0.808. The highest BCUT2D eigenvalue weighted by molar-refractivity contribution is 9.10. The van der Waals surface area contributed by atoms with E-state index in [9.17, 15) is 9.18 Å². The molecule has 3 nitrogen and oxygen atoms in total. The fourth-order valence-electron chi connectivity index (χ4n) is 2.12. The fourth-order valence-corrected chi connectivity index (χ4v) is 3.23. The number of benzene rings is 1. The van der Waals surface area contributed by atoms with Gasteiger partial charge in [-0.1, -0.05) is 23.2 Å². The van der Waals surface area contributed by atoms with Gasteiger partial charge in [0.25, 0.3) is 5.91 Å². The molecule has 0 saturated heterocycles. The molecule has 1 fully saturated rings. The third kappa shape index (κ3) is 3.10. The molecule has 1 amide bonds. The van der Waals surface area contributed by atoms with E-state index in [0.717, 1.165) is 18.9 Å². The van der Waals surface area contributed by atoms with Crippen LogP contribution in [0.1, 0.15) is 29.4 Å². The molecule has 21 heavy (non-hydrogen) atoms. The quantitative estimate of drug-likeness (QED) is 0.758. The normalized spacial score (nSPS) is 14.3. The molecule has 1 aliphatic rings. The Morgan fingerprint density at radius 1 is 1.33 bits per heavy atom. The molecule has 1 aliphatic carbocycles. The van der Waals surface area contributed by atoms with Gasteiger partial charge in [0.2, 0.25) is 0 Å². The van der Waals surface area contributed by atoms with Gasteiger partial charge in [0.05, 0.1) is 15.7 Å². The van der Waals surface area contributed by atoms with Crippen LogP contribution in [0.15, 0.2) is 28.9 Å². The van der Waals surface area contributed by atoms with Crippen LogP contribution in [0.5, 0.6) is 0 Å². The van der Waals surface area contributed by atoms with Crippen LogP contribution < -0.4 is 5.32 Å². The van der Waals surface area contributed by atoms with E-state index in [2.05, 4.69) is 21.2 Å². The predicted molar refractivity (Wildman–Crippen MR) is 84.8 cm³/mol. The van der Waals surface area contributed by atoms with Gasteiger partial charge in [0, 0.05) is 16.7 Å². The number of aromatic nitrogens is 1. The first kappa shape index (κ1) is 14.9. The Morgan fingerprint density at radius 2 is 2.05 bits per heavy atom. The van der Waals surface area contributed by atoms with Crippen molar-refractivity contribution in [3.63, 3.8) is 0 Å². The summed E-state index contributed by atoms with van der Waals surface area (Å²) in [7, 11) is 0. The molecule has 110 valence electrons. The van der Waals surface area contributed by atoms with Crippen LogP contribution in [-0.2, 0) is 0 Å². The highest BCUT2D eigenvalue weighted by atomic mass is 79.9. The van der Waals surface area contributed by atoms with Crippen LogP contribution in [0.2, 0.25) is 10.0 Å². The Morgan fingerprint density at radius 3 is 2.67 bits per heavy atom. The number of carbonyl (C=O) groups excluding carboxylic acids is 1. The number of nitrogens with zero attached hydrogens (tertiary/aromatic N) is 1. The smallest absolute Gasteiger partial charge is 0.272 e. The SMILES string of the molecule is O=C(Nc1c(Cl)cc(F)cc1Br)c1cc(Cl)cn1C1CC1. The van der Waals surface area contributed by atoms with E-state index in [1.165, 1.54) is 6.07 Å². The van der Waals surface area contributed by atoms with Gasteiger partial charge in [-0.2, -0.15) is 0 Å². The van der Waals surface area contributed by atoms with Gasteiger partial charge in [0.15, 0.2) is 0 Å². The number of rotatable bonds is 3. The summed E-state index contributed by atoms with van der Waals surface area (Å²) in [6.07, 6.45) is 3.81. The topological polar surface area (TPSA) is 34.0 Å². The maximum absolute atomic E-state index is 13.2. The minimum absolute atomic E-state index is 0.130. The van der Waals surface area contributed by atoms with Crippen molar-refractivity contribution in [1.29, 1.82) is 0 Å². The second-order valence-corrected chi connectivity index (χ2v) is 6.58. The number of amides is 1. The molecule has 1 heterocycles. The first-order valence-corrected chi connectivity index (χ1v) is 7.84. The molecule has 1 aromatic carbocycles. The van der Waals surface area contributed by atoms with Crippen LogP contribution in [0, 0.1) is 5.82 Å². The molecular weight excluding hydrogens is 382 g/mol. The lowest BCUT2D eigenvalue weighted by Crippen LogP contribution is -2.17. The van der Waals surface area contributed by atoms with Crippen molar-refractivity contribution in [3.8, 4) is 0 Å². The zero-order valence-electron chi connectivity index (χ0n) is 10.7. The number of carbonyl (C=O) groups is 1. The average molecular weight is 392 g/mol. The third-order valence-electron chi connectivity index (χ3n) is 3.23. The Hall–Kier alpha value is -1.04. The fraction of sp³-hybridized carbons (Fsp3) is 0.214. The minimum atomic E-state index is -0.478. The van der Waals surface area contributed by atoms with E-state index >= 15 is 0 Å². The van der Waals surface area contributed by atoms with E-state index < -0.39 is 5.82 Å². The van der Waals surface area contributed by atoms with Gasteiger partial charge in [-0.15, -0.1) is 0 Å². The number of halogens is 4. The van der Waals surface area contributed by atoms with Gasteiger partial charge in [-0.3, -0.25) is 4.79 Å². The molecule has 0 atom stereocenters. The maximum Gasteiger partial charge on any atom is 0.272 e. The molecular formula is C14H10BrCl2FN2O. The van der Waals surface area contributed by atoms with Crippen LogP contribution in [-0.4, -0.2) is 10.5 Å². The summed E-state index contributed by atoms with van der Waals surface area (Å²) in [6, 6.07) is 4.33. The standard InChI is InChI=1S/C14H10BrCl2FN2O/c15-10-4-8(18)5-11(17)13(10)19-14(21)12-3-7(16)6-20(12)9-1-2-9/h3-6,9H,1-2H2,(H,19,21). The van der Waals surface area contributed by atoms with Crippen molar-refractivity contribution in [1.82, 2.24) is 4.57 Å². The summed E-state index contributed by atoms with van der Waals surface area (Å²) >= 11 is 15.1. The lowest BCUT2D eigenvalue weighted by atomic mass is 10.3. The monoisotopic (exact) mass is 390 g/mol. The largest absolute Gasteiger partial charge is 0.339 e. The lowest BCUT2D eigenvalue weighted by Gasteiger charge is -2.11. The van der Waals surface area contributed by atoms with Crippen LogP contribution >= 0.6 is 39.1 Å². The number of hydrogen-bond acceptors (Lipinski definition) is 1. The molecule has 0 aliphatic heterocycles. The van der Waals surface area contributed by atoms with Gasteiger partial charge in [-0.25, -0.2) is 4.39 Å². The second kappa shape index (κ2) is 5.63. The second-order valence-electron chi connectivity index (χ2n) is 4.88. The summed E-state index contributed by atoms with van der Waals surface area (Å²) < 4.78 is 15.5. The maximum atomic E-state index is 13.2. The molecule has 1 saturated carbocycles. The molecule has 1 aromatic heterocycles. The van der Waals surface area contributed by atoms with Crippen LogP contribution in [0.3, 0.4) is 0 Å². The number of anilines is 1. The van der Waals surface area contributed by atoms with E-state index in [4.69, 9.17) is 23.2 Å². The zero-order valence-corrected chi connectivity index (χ0v) is 13.8. The van der Waals surface area contributed by atoms with Gasteiger partial charge in [0.1, 0.15) is 11.5 Å². The summed E-state index contributed by atoms with van der Waals surface area (Å²) in [6.45, 7) is 0. The molecule has 3 rings (SSSR count). The Bertz CT molecular complexity index is 705. The zero-order chi connectivity index (χ0) is 15.1. The number of hydrogen-bond donors (Lipinski definition) is 1. The van der Waals surface area contributed by atoms with Crippen LogP contribution in [0.4, 0.5) is 10.1 Å². The van der Waals surface area contributed by atoms with Crippen molar-refractivity contribution in [2.45, 2.75) is 18.9 Å². The molecule has 7 heteroatoms. The molecule has 0 radical (unpaired) electrons. The highest BCUT2D eigenvalue weighted by Crippen LogP contribution is 2.38. The third-order valence-corrected chi connectivity index (χ3v) is 4.36. The first-order chi connectivity index (χ1) is 9.95. The molecule has 2 aromatic rings. The van der Waals surface area contributed by atoms with Crippen molar-refractivity contribution < 1.29 is 9.18 Å². The first-order valence-electron chi connectivity index (χ1n) is 6.29. The van der Waals surface area contributed by atoms with Gasteiger partial charge < -0.3 is 9.88 Å². The van der Waals surface area contributed by atoms with E-state index in [-0.39, 0.29) is 10.9 Å². The van der Waals surface area contributed by atoms with Crippen molar-refractivity contribution in [2.24, 2.45) is 0 Å². The number of nitrogens with one attached hydrogen (secondary N) is 1. The average Bonchev–Trinajstić information content (AvgIpc) is 3.16. The van der Waals surface area contributed by atoms with E-state index in [0.29, 0.717) is 26.9 Å². The molecule has 1 N–H and O–H groups in total. The Labute approximate surface area is 139 Å². The molecule has 0 bridgehead atoms.